The van der Waals surface area contributed by atoms with Crippen LogP contribution < -0.4 is 0 Å². The maximum absolute atomic E-state index is 10.5. The molecule has 19 atom stereocenters. The van der Waals surface area contributed by atoms with Crippen LogP contribution in [0.3, 0.4) is 0 Å². The van der Waals surface area contributed by atoms with Crippen molar-refractivity contribution in [1.82, 2.24) is 0 Å². The quantitative estimate of drug-likeness (QED) is 0.0973. The minimum absolute atomic E-state index is 0.650. The van der Waals surface area contributed by atoms with Crippen molar-refractivity contribution in [2.75, 3.05) is 33.0 Å². The predicted molar refractivity (Wildman–Crippen MR) is 134 cm³/mol. The van der Waals surface area contributed by atoms with E-state index in [0.29, 0.717) is 0 Å². The van der Waals surface area contributed by atoms with E-state index in [1.807, 2.05) is 0 Å². The molecule has 0 aliphatic carbocycles. The summed E-state index contributed by atoms with van der Waals surface area (Å²) in [6.07, 6.45) is -31.4. The lowest BCUT2D eigenvalue weighted by molar-refractivity contribution is -0.388. The first-order valence-corrected chi connectivity index (χ1v) is 14.1. The monoisotopic (exact) mass is 666 g/mol. The van der Waals surface area contributed by atoms with Crippen LogP contribution in [0.4, 0.5) is 0 Å². The molecule has 4 rings (SSSR count). The highest BCUT2D eigenvalue weighted by Gasteiger charge is 2.58. The molecule has 4 saturated heterocycles. The minimum atomic E-state index is -2.43. The molecule has 0 unspecified atom stereocenters. The molecule has 0 saturated carbocycles. The molecule has 4 aliphatic rings. The van der Waals surface area contributed by atoms with Gasteiger partial charge in [0.2, 0.25) is 5.79 Å². The maximum Gasteiger partial charge on any atom is 0.224 e. The molecule has 0 aromatic rings. The number of aliphatic hydroxyl groups is 14. The van der Waals surface area contributed by atoms with E-state index in [9.17, 15) is 71.5 Å². The van der Waals surface area contributed by atoms with Crippen molar-refractivity contribution in [2.24, 2.45) is 0 Å². The fourth-order valence-corrected chi connectivity index (χ4v) is 5.39. The Balaban J connectivity index is 1.39. The topological polar surface area (TPSA) is 348 Å². The normalized spacial score (nSPS) is 52.7. The van der Waals surface area contributed by atoms with E-state index in [1.165, 1.54) is 0 Å². The van der Waals surface area contributed by atoms with Crippen LogP contribution in [0, 0.1) is 0 Å². The van der Waals surface area contributed by atoms with Crippen molar-refractivity contribution < 1.29 is 105 Å². The highest BCUT2D eigenvalue weighted by atomic mass is 16.8. The zero-order chi connectivity index (χ0) is 33.4. The van der Waals surface area contributed by atoms with Gasteiger partial charge in [0.25, 0.3) is 0 Å². The summed E-state index contributed by atoms with van der Waals surface area (Å²) in [4.78, 5) is 0. The van der Waals surface area contributed by atoms with Crippen LogP contribution in [-0.4, -0.2) is 221 Å². The molecule has 21 heteroatoms. The molecule has 45 heavy (non-hydrogen) atoms. The van der Waals surface area contributed by atoms with Gasteiger partial charge in [-0.2, -0.15) is 0 Å². The summed E-state index contributed by atoms with van der Waals surface area (Å²) in [6.45, 7) is -4.02. The Morgan fingerprint density at radius 3 is 1.27 bits per heavy atom. The molecule has 21 nitrogen and oxygen atoms in total. The molecule has 4 heterocycles. The Labute approximate surface area is 254 Å². The Bertz CT molecular complexity index is 931. The number of rotatable bonds is 11. The van der Waals surface area contributed by atoms with E-state index in [2.05, 4.69) is 0 Å². The van der Waals surface area contributed by atoms with Crippen LogP contribution in [0.5, 0.6) is 0 Å². The van der Waals surface area contributed by atoms with E-state index in [4.69, 9.17) is 33.2 Å². The van der Waals surface area contributed by atoms with E-state index >= 15 is 0 Å². The van der Waals surface area contributed by atoms with Crippen molar-refractivity contribution in [3.8, 4) is 0 Å². The van der Waals surface area contributed by atoms with Gasteiger partial charge in [0.15, 0.2) is 18.9 Å². The van der Waals surface area contributed by atoms with E-state index in [1.54, 1.807) is 0 Å². The first-order chi connectivity index (χ1) is 21.2. The van der Waals surface area contributed by atoms with Crippen molar-refractivity contribution in [3.63, 3.8) is 0 Å². The highest BCUT2D eigenvalue weighted by molar-refractivity contribution is 4.99. The molecule has 0 bridgehead atoms. The summed E-state index contributed by atoms with van der Waals surface area (Å²) in [5.74, 6) is -2.43. The maximum atomic E-state index is 10.5. The van der Waals surface area contributed by atoms with E-state index in [-0.39, 0.29) is 0 Å². The van der Waals surface area contributed by atoms with Crippen LogP contribution in [-0.2, 0) is 33.2 Å². The van der Waals surface area contributed by atoms with Gasteiger partial charge >= 0.3 is 0 Å². The Kier molecular flexibility index (Phi) is 12.5. The largest absolute Gasteiger partial charge is 0.394 e. The molecule has 4 fully saturated rings. The third-order valence-electron chi connectivity index (χ3n) is 8.26. The first-order valence-electron chi connectivity index (χ1n) is 14.1. The predicted octanol–water partition coefficient (Wildman–Crippen LogP) is -9.75. The van der Waals surface area contributed by atoms with Gasteiger partial charge in [-0.25, -0.2) is 0 Å². The van der Waals surface area contributed by atoms with E-state index < -0.39 is 149 Å². The molecular weight excluding hydrogens is 624 g/mol. The van der Waals surface area contributed by atoms with Gasteiger partial charge in [0, 0.05) is 0 Å². The highest BCUT2D eigenvalue weighted by Crippen LogP contribution is 2.36. The summed E-state index contributed by atoms with van der Waals surface area (Å²) in [5, 5.41) is 141. The van der Waals surface area contributed by atoms with Gasteiger partial charge in [-0.1, -0.05) is 0 Å². The lowest BCUT2D eigenvalue weighted by Gasteiger charge is -2.45. The van der Waals surface area contributed by atoms with Crippen LogP contribution in [0.1, 0.15) is 0 Å². The third-order valence-corrected chi connectivity index (χ3v) is 8.26. The third kappa shape index (κ3) is 7.29. The van der Waals surface area contributed by atoms with Crippen LogP contribution in [0.2, 0.25) is 0 Å². The smallest absolute Gasteiger partial charge is 0.224 e. The Hall–Kier alpha value is -0.840. The Morgan fingerprint density at radius 1 is 0.444 bits per heavy atom. The second-order valence-corrected chi connectivity index (χ2v) is 11.3. The van der Waals surface area contributed by atoms with Crippen molar-refractivity contribution in [1.29, 1.82) is 0 Å². The molecule has 0 radical (unpaired) electrons. The number of hydrogen-bond donors (Lipinski definition) is 14. The minimum Gasteiger partial charge on any atom is -0.394 e. The van der Waals surface area contributed by atoms with Gasteiger partial charge in [-0.15, -0.1) is 0 Å². The van der Waals surface area contributed by atoms with Gasteiger partial charge < -0.3 is 105 Å². The molecule has 264 valence electrons. The van der Waals surface area contributed by atoms with Crippen molar-refractivity contribution in [3.05, 3.63) is 0 Å². The van der Waals surface area contributed by atoms with Gasteiger partial charge in [0.1, 0.15) is 98.2 Å². The number of ether oxygens (including phenoxy) is 7. The van der Waals surface area contributed by atoms with Gasteiger partial charge in [0.05, 0.1) is 26.4 Å². The molecule has 0 aromatic carbocycles. The summed E-state index contributed by atoms with van der Waals surface area (Å²) in [5.41, 5.74) is 0. The number of hydrogen-bond acceptors (Lipinski definition) is 21. The molecule has 0 amide bonds. The standard InChI is InChI=1S/C24H42O21/c25-1-6-10(28)14(32)17(35)21(41-6)39-3-8-11(29)15(33)18(36)22(42-8)40-4-9-12(30)16(34)19(37)23(43-9)45-24(5-27)20(38)13(31)7(2-26)44-24/h6-23,25-38H,1-5H2/t6-,7-,8-,9-,10-,11+,12+,13+,14+,15+,16+,17-,18-,19-,20-,21-,22-,23+,24-/m0/s1. The number of aliphatic hydroxyl groups excluding tert-OH is 14. The average molecular weight is 667 g/mol. The fraction of sp³-hybridized carbons (Fsp3) is 1.00. The second-order valence-electron chi connectivity index (χ2n) is 11.3. The molecule has 0 aromatic heterocycles. The van der Waals surface area contributed by atoms with Crippen molar-refractivity contribution in [2.45, 2.75) is 116 Å². The lowest BCUT2D eigenvalue weighted by atomic mass is 9.98. The van der Waals surface area contributed by atoms with Gasteiger partial charge in [-0.05, 0) is 0 Å². The second kappa shape index (κ2) is 15.1. The fourth-order valence-electron chi connectivity index (χ4n) is 5.39. The summed E-state index contributed by atoms with van der Waals surface area (Å²) in [6, 6.07) is 0. The van der Waals surface area contributed by atoms with Crippen LogP contribution in [0.15, 0.2) is 0 Å². The zero-order valence-electron chi connectivity index (χ0n) is 23.5. The van der Waals surface area contributed by atoms with Crippen LogP contribution in [0.25, 0.3) is 0 Å². The SMILES string of the molecule is OC[C@@H]1O[C@H](OC[C@@H]2O[C@H](OC[C@@H]3O[C@H](O[C@]4(CO)O[C@@H](CO)[C@@H](O)[C@@H]4O)[C@@H](O)[C@H](O)[C@@H]3O)[C@@H](O)[C@H](O)[C@@H]2O)[C@@H](O)[C@H](O)[C@H]1O. The Morgan fingerprint density at radius 2 is 0.844 bits per heavy atom. The molecule has 4 aliphatic heterocycles. The zero-order valence-corrected chi connectivity index (χ0v) is 23.5. The first kappa shape index (κ1) is 37.0. The summed E-state index contributed by atoms with van der Waals surface area (Å²) in [7, 11) is 0. The van der Waals surface area contributed by atoms with E-state index in [0.717, 1.165) is 0 Å². The lowest BCUT2D eigenvalue weighted by Crippen LogP contribution is -2.64. The molecule has 14 N–H and O–H groups in total. The van der Waals surface area contributed by atoms with Crippen LogP contribution >= 0.6 is 0 Å². The molecule has 0 spiro atoms. The summed E-state index contributed by atoms with van der Waals surface area (Å²) < 4.78 is 37.6. The molecular formula is C24H42O21. The van der Waals surface area contributed by atoms with Crippen molar-refractivity contribution >= 4 is 0 Å². The summed E-state index contributed by atoms with van der Waals surface area (Å²) >= 11 is 0. The van der Waals surface area contributed by atoms with Gasteiger partial charge in [-0.3, -0.25) is 0 Å². The average Bonchev–Trinajstić information content (AvgIpc) is 3.28.